The number of aromatic nitrogens is 1. The van der Waals surface area contributed by atoms with Crippen LogP contribution in [0.4, 0.5) is 0 Å². The SMILES string of the molecule is Cc1ccc(CC2CCN(C(=O)c3c(C)n(S(C)(=O)=O)c4ccc(C(=O)C(=O)N(C)C)cc34)CC2)cc1. The van der Waals surface area contributed by atoms with E-state index in [0.717, 1.165) is 29.5 Å². The first-order chi connectivity index (χ1) is 17.4. The van der Waals surface area contributed by atoms with Gasteiger partial charge in [0.25, 0.3) is 11.8 Å². The van der Waals surface area contributed by atoms with Gasteiger partial charge < -0.3 is 9.80 Å². The fourth-order valence-corrected chi connectivity index (χ4v) is 6.22. The number of likely N-dealkylation sites (N-methyl/N-ethyl adjacent to an activating group) is 1. The van der Waals surface area contributed by atoms with Gasteiger partial charge in [-0.05, 0) is 62.8 Å². The number of carbonyl (C=O) groups excluding carboxylic acids is 3. The van der Waals surface area contributed by atoms with Gasteiger partial charge in [0.15, 0.2) is 0 Å². The highest BCUT2D eigenvalue weighted by molar-refractivity contribution is 7.89. The number of fused-ring (bicyclic) bond motifs is 1. The number of hydrogen-bond donors (Lipinski definition) is 0. The van der Waals surface area contributed by atoms with Gasteiger partial charge in [-0.3, -0.25) is 14.4 Å². The van der Waals surface area contributed by atoms with Crippen LogP contribution in [0.15, 0.2) is 42.5 Å². The summed E-state index contributed by atoms with van der Waals surface area (Å²) in [6.45, 7) is 4.80. The zero-order chi connectivity index (χ0) is 27.1. The number of benzene rings is 2. The van der Waals surface area contributed by atoms with Crippen molar-refractivity contribution in [2.75, 3.05) is 33.4 Å². The van der Waals surface area contributed by atoms with Gasteiger partial charge in [-0.15, -0.1) is 0 Å². The van der Waals surface area contributed by atoms with Gasteiger partial charge in [0.2, 0.25) is 15.8 Å². The molecule has 1 aromatic heterocycles. The second-order valence-electron chi connectivity index (χ2n) is 10.2. The molecule has 0 unspecified atom stereocenters. The highest BCUT2D eigenvalue weighted by atomic mass is 32.2. The lowest BCUT2D eigenvalue weighted by atomic mass is 9.89. The summed E-state index contributed by atoms with van der Waals surface area (Å²) in [5.74, 6) is -1.21. The highest BCUT2D eigenvalue weighted by Crippen LogP contribution is 2.31. The summed E-state index contributed by atoms with van der Waals surface area (Å²) in [5.41, 5.74) is 3.49. The summed E-state index contributed by atoms with van der Waals surface area (Å²) in [6, 6.07) is 12.9. The molecule has 2 aromatic carbocycles. The van der Waals surface area contributed by atoms with E-state index in [-0.39, 0.29) is 17.0 Å². The summed E-state index contributed by atoms with van der Waals surface area (Å²) in [5, 5.41) is 0.354. The molecule has 2 amide bonds. The van der Waals surface area contributed by atoms with Crippen molar-refractivity contribution in [3.8, 4) is 0 Å². The van der Waals surface area contributed by atoms with E-state index in [4.69, 9.17) is 0 Å². The van der Waals surface area contributed by atoms with Gasteiger partial charge >= 0.3 is 0 Å². The third-order valence-electron chi connectivity index (χ3n) is 7.11. The third-order valence-corrected chi connectivity index (χ3v) is 8.24. The molecule has 0 saturated carbocycles. The van der Waals surface area contributed by atoms with Crippen molar-refractivity contribution in [2.24, 2.45) is 5.92 Å². The lowest BCUT2D eigenvalue weighted by Gasteiger charge is -2.32. The molecule has 37 heavy (non-hydrogen) atoms. The van der Waals surface area contributed by atoms with Gasteiger partial charge in [-0.1, -0.05) is 29.8 Å². The first-order valence-electron chi connectivity index (χ1n) is 12.3. The second-order valence-corrected chi connectivity index (χ2v) is 12.0. The number of hydrogen-bond acceptors (Lipinski definition) is 5. The summed E-state index contributed by atoms with van der Waals surface area (Å²) in [4.78, 5) is 41.7. The molecular weight excluding hydrogens is 490 g/mol. The second kappa shape index (κ2) is 10.1. The van der Waals surface area contributed by atoms with Crippen LogP contribution in [-0.4, -0.2) is 73.2 Å². The minimum absolute atomic E-state index is 0.114. The van der Waals surface area contributed by atoms with Crippen molar-refractivity contribution in [2.45, 2.75) is 33.1 Å². The Kier molecular flexibility index (Phi) is 7.28. The maximum atomic E-state index is 13.8. The molecule has 2 heterocycles. The zero-order valence-corrected chi connectivity index (χ0v) is 22.8. The Morgan fingerprint density at radius 1 is 0.973 bits per heavy atom. The fourth-order valence-electron chi connectivity index (χ4n) is 5.11. The Labute approximate surface area is 217 Å². The van der Waals surface area contributed by atoms with E-state index >= 15 is 0 Å². The molecular formula is C28H33N3O5S. The number of ketones is 1. The molecule has 0 radical (unpaired) electrons. The molecule has 196 valence electrons. The third kappa shape index (κ3) is 5.32. The van der Waals surface area contributed by atoms with E-state index in [9.17, 15) is 22.8 Å². The maximum absolute atomic E-state index is 13.8. The number of aryl methyl sites for hydroxylation is 1. The van der Waals surface area contributed by atoms with Crippen LogP contribution in [0.2, 0.25) is 0 Å². The number of likely N-dealkylation sites (tertiary alicyclic amines) is 1. The molecule has 0 atom stereocenters. The van der Waals surface area contributed by atoms with Crippen LogP contribution >= 0.6 is 0 Å². The lowest BCUT2D eigenvalue weighted by Crippen LogP contribution is -2.39. The molecule has 0 spiro atoms. The van der Waals surface area contributed by atoms with E-state index in [1.165, 1.54) is 48.3 Å². The summed E-state index contributed by atoms with van der Waals surface area (Å²) in [7, 11) is -0.754. The van der Waals surface area contributed by atoms with Crippen molar-refractivity contribution in [3.05, 3.63) is 70.4 Å². The predicted octanol–water partition coefficient (Wildman–Crippen LogP) is 3.43. The summed E-state index contributed by atoms with van der Waals surface area (Å²) < 4.78 is 26.4. The minimum Gasteiger partial charge on any atom is -0.342 e. The number of carbonyl (C=O) groups is 3. The quantitative estimate of drug-likeness (QED) is 0.364. The van der Waals surface area contributed by atoms with Crippen molar-refractivity contribution in [3.63, 3.8) is 0 Å². The van der Waals surface area contributed by atoms with Crippen LogP contribution in [0.5, 0.6) is 0 Å². The van der Waals surface area contributed by atoms with E-state index < -0.39 is 21.7 Å². The van der Waals surface area contributed by atoms with Crippen LogP contribution in [0.1, 0.15) is 50.4 Å². The molecule has 3 aromatic rings. The smallest absolute Gasteiger partial charge is 0.294 e. The Hall–Kier alpha value is -3.46. The summed E-state index contributed by atoms with van der Waals surface area (Å²) >= 11 is 0. The van der Waals surface area contributed by atoms with Crippen LogP contribution in [-0.2, 0) is 21.2 Å². The average molecular weight is 524 g/mol. The number of nitrogens with zero attached hydrogens (tertiary/aromatic N) is 3. The first kappa shape index (κ1) is 26.6. The Balaban J connectivity index is 1.65. The van der Waals surface area contributed by atoms with Gasteiger partial charge in [0.05, 0.1) is 17.3 Å². The normalized spacial score (nSPS) is 14.7. The van der Waals surface area contributed by atoms with Crippen LogP contribution in [0.3, 0.4) is 0 Å². The monoisotopic (exact) mass is 523 g/mol. The number of rotatable bonds is 6. The van der Waals surface area contributed by atoms with E-state index in [2.05, 4.69) is 31.2 Å². The van der Waals surface area contributed by atoms with Crippen molar-refractivity contribution >= 4 is 38.5 Å². The van der Waals surface area contributed by atoms with Gasteiger partial charge in [-0.25, -0.2) is 12.4 Å². The molecule has 8 nitrogen and oxygen atoms in total. The summed E-state index contributed by atoms with van der Waals surface area (Å²) in [6.07, 6.45) is 3.74. The topological polar surface area (TPSA) is 96.8 Å². The van der Waals surface area contributed by atoms with Gasteiger partial charge in [0, 0.05) is 43.8 Å². The molecule has 0 N–H and O–H groups in total. The molecule has 0 bridgehead atoms. The maximum Gasteiger partial charge on any atom is 0.294 e. The lowest BCUT2D eigenvalue weighted by molar-refractivity contribution is -0.124. The molecule has 1 aliphatic heterocycles. The molecule has 1 fully saturated rings. The minimum atomic E-state index is -3.73. The van der Waals surface area contributed by atoms with Crippen LogP contribution in [0, 0.1) is 19.8 Å². The van der Waals surface area contributed by atoms with Crippen LogP contribution in [0.25, 0.3) is 10.9 Å². The van der Waals surface area contributed by atoms with Crippen molar-refractivity contribution in [1.29, 1.82) is 0 Å². The standard InChI is InChI=1S/C28H33N3O5S/c1-18-6-8-20(9-7-18)16-21-12-14-30(15-13-21)27(33)25-19(2)31(37(5,35)36)24-11-10-22(17-23(24)25)26(32)28(34)29(3)4/h6-11,17,21H,12-16H2,1-5H3. The van der Waals surface area contributed by atoms with Gasteiger partial charge in [0.1, 0.15) is 0 Å². The molecule has 1 aliphatic rings. The molecule has 1 saturated heterocycles. The van der Waals surface area contributed by atoms with Crippen molar-refractivity contribution < 1.29 is 22.8 Å². The molecule has 9 heteroatoms. The number of amides is 2. The number of Topliss-reactive ketones (excluding diaryl/α,β-unsaturated/α-hetero) is 1. The Morgan fingerprint density at radius 2 is 1.59 bits per heavy atom. The van der Waals surface area contributed by atoms with Crippen molar-refractivity contribution in [1.82, 2.24) is 13.8 Å². The van der Waals surface area contributed by atoms with E-state index in [1.54, 1.807) is 11.8 Å². The molecule has 4 rings (SSSR count). The predicted molar refractivity (Wildman–Crippen MR) is 143 cm³/mol. The number of piperidine rings is 1. The average Bonchev–Trinajstić information content (AvgIpc) is 3.15. The van der Waals surface area contributed by atoms with Gasteiger partial charge in [-0.2, -0.15) is 0 Å². The van der Waals surface area contributed by atoms with E-state index in [1.807, 2.05) is 0 Å². The molecule has 0 aliphatic carbocycles. The Bertz CT molecular complexity index is 1480. The zero-order valence-electron chi connectivity index (χ0n) is 21.9. The van der Waals surface area contributed by atoms with Crippen LogP contribution < -0.4 is 0 Å². The fraction of sp³-hybridized carbons (Fsp3) is 0.393. The first-order valence-corrected chi connectivity index (χ1v) is 14.2. The highest BCUT2D eigenvalue weighted by Gasteiger charge is 2.31. The van der Waals surface area contributed by atoms with E-state index in [0.29, 0.717) is 35.6 Å². The largest absolute Gasteiger partial charge is 0.342 e. The Morgan fingerprint density at radius 3 is 2.16 bits per heavy atom.